The average molecular weight is 445 g/mol. The molecule has 0 unspecified atom stereocenters. The molecule has 5 rings (SSSR count). The standard InChI is InChI=1S/C25H17ClN2O2S/c1-30-22-13-16-7-3-2-6-15(16)12-19(22)24(29)27-20-11-10-17(26)14-18(20)25-28-21-8-4-5-9-23(21)31-25/h2-14H,1H3,(H,27,29). The fourth-order valence-electron chi connectivity index (χ4n) is 3.55. The predicted octanol–water partition coefficient (Wildman–Crippen LogP) is 7.03. The summed E-state index contributed by atoms with van der Waals surface area (Å²) in [5.41, 5.74) is 2.80. The number of nitrogens with one attached hydrogen (secondary N) is 1. The van der Waals surface area contributed by atoms with Crippen LogP contribution in [0.15, 0.2) is 78.9 Å². The number of ether oxygens (including phenoxy) is 1. The zero-order valence-corrected chi connectivity index (χ0v) is 18.1. The Morgan fingerprint density at radius 3 is 2.48 bits per heavy atom. The number of hydrogen-bond donors (Lipinski definition) is 1. The third-order valence-corrected chi connectivity index (χ3v) is 6.37. The molecule has 0 aliphatic heterocycles. The van der Waals surface area contributed by atoms with Gasteiger partial charge in [0.05, 0.1) is 28.6 Å². The summed E-state index contributed by atoms with van der Waals surface area (Å²) in [5.74, 6) is 0.263. The zero-order chi connectivity index (χ0) is 21.4. The molecule has 0 fully saturated rings. The quantitative estimate of drug-likeness (QED) is 0.323. The van der Waals surface area contributed by atoms with E-state index in [1.165, 1.54) is 0 Å². The lowest BCUT2D eigenvalue weighted by atomic mass is 10.0. The van der Waals surface area contributed by atoms with Crippen molar-refractivity contribution in [2.45, 2.75) is 0 Å². The second-order valence-corrected chi connectivity index (χ2v) is 8.50. The molecule has 0 saturated carbocycles. The van der Waals surface area contributed by atoms with Gasteiger partial charge in [-0.3, -0.25) is 4.79 Å². The van der Waals surface area contributed by atoms with Crippen LogP contribution in [0, 0.1) is 0 Å². The van der Waals surface area contributed by atoms with E-state index in [1.807, 2.05) is 66.7 Å². The molecule has 6 heteroatoms. The summed E-state index contributed by atoms with van der Waals surface area (Å²) in [4.78, 5) is 18.0. The smallest absolute Gasteiger partial charge is 0.259 e. The van der Waals surface area contributed by atoms with Crippen LogP contribution < -0.4 is 10.1 Å². The molecule has 0 bridgehead atoms. The van der Waals surface area contributed by atoms with Crippen molar-refractivity contribution in [1.82, 2.24) is 4.98 Å². The molecular formula is C25H17ClN2O2S. The summed E-state index contributed by atoms with van der Waals surface area (Å²) in [6.07, 6.45) is 0. The maximum absolute atomic E-state index is 13.2. The van der Waals surface area contributed by atoms with E-state index in [0.717, 1.165) is 31.6 Å². The second kappa shape index (κ2) is 8.02. The third-order valence-electron chi connectivity index (χ3n) is 5.07. The summed E-state index contributed by atoms with van der Waals surface area (Å²) in [5, 5.41) is 6.38. The van der Waals surface area contributed by atoms with Gasteiger partial charge < -0.3 is 10.1 Å². The molecule has 0 aliphatic rings. The molecule has 1 amide bonds. The molecule has 0 aliphatic carbocycles. The Morgan fingerprint density at radius 1 is 0.968 bits per heavy atom. The zero-order valence-electron chi connectivity index (χ0n) is 16.6. The van der Waals surface area contributed by atoms with Crippen LogP contribution in [0.2, 0.25) is 5.02 Å². The Morgan fingerprint density at radius 2 is 1.71 bits per heavy atom. The molecule has 0 spiro atoms. The van der Waals surface area contributed by atoms with Gasteiger partial charge in [0, 0.05) is 10.6 Å². The van der Waals surface area contributed by atoms with Crippen LogP contribution in [0.5, 0.6) is 5.75 Å². The number of halogens is 1. The Labute approximate surface area is 188 Å². The molecule has 4 aromatic carbocycles. The number of amides is 1. The van der Waals surface area contributed by atoms with Crippen molar-refractivity contribution in [3.8, 4) is 16.3 Å². The fourth-order valence-corrected chi connectivity index (χ4v) is 4.71. The highest BCUT2D eigenvalue weighted by atomic mass is 35.5. The highest BCUT2D eigenvalue weighted by Gasteiger charge is 2.18. The molecule has 5 aromatic rings. The Hall–Kier alpha value is -3.41. The van der Waals surface area contributed by atoms with E-state index in [1.54, 1.807) is 30.6 Å². The lowest BCUT2D eigenvalue weighted by molar-refractivity contribution is 0.102. The van der Waals surface area contributed by atoms with Crippen molar-refractivity contribution >= 4 is 55.5 Å². The van der Waals surface area contributed by atoms with Crippen LogP contribution >= 0.6 is 22.9 Å². The number of nitrogens with zero attached hydrogens (tertiary/aromatic N) is 1. The number of fused-ring (bicyclic) bond motifs is 2. The number of aromatic nitrogens is 1. The van der Waals surface area contributed by atoms with E-state index in [9.17, 15) is 4.79 Å². The Bertz CT molecular complexity index is 1410. The number of anilines is 1. The Kier molecular flexibility index (Phi) is 5.06. The number of benzene rings is 4. The van der Waals surface area contributed by atoms with Gasteiger partial charge in [-0.25, -0.2) is 4.98 Å². The summed E-state index contributed by atoms with van der Waals surface area (Å²) >= 11 is 7.84. The van der Waals surface area contributed by atoms with Crippen molar-refractivity contribution in [3.05, 3.63) is 89.4 Å². The molecule has 4 nitrogen and oxygen atoms in total. The van der Waals surface area contributed by atoms with Gasteiger partial charge in [0.1, 0.15) is 10.8 Å². The average Bonchev–Trinajstić information content (AvgIpc) is 3.23. The second-order valence-electron chi connectivity index (χ2n) is 7.03. The van der Waals surface area contributed by atoms with Gasteiger partial charge in [-0.1, -0.05) is 48.0 Å². The SMILES string of the molecule is COc1cc2ccccc2cc1C(=O)Nc1ccc(Cl)cc1-c1nc2ccccc2s1. The minimum absolute atomic E-state index is 0.257. The van der Waals surface area contributed by atoms with Crippen molar-refractivity contribution in [3.63, 3.8) is 0 Å². The van der Waals surface area contributed by atoms with Crippen LogP contribution in [-0.4, -0.2) is 18.0 Å². The van der Waals surface area contributed by atoms with Crippen LogP contribution in [0.25, 0.3) is 31.6 Å². The molecule has 1 aromatic heterocycles. The lowest BCUT2D eigenvalue weighted by Crippen LogP contribution is -2.14. The minimum atomic E-state index is -0.257. The van der Waals surface area contributed by atoms with Crippen molar-refractivity contribution in [1.29, 1.82) is 0 Å². The first-order valence-corrected chi connectivity index (χ1v) is 10.9. The molecule has 31 heavy (non-hydrogen) atoms. The van der Waals surface area contributed by atoms with Crippen LogP contribution in [0.1, 0.15) is 10.4 Å². The van der Waals surface area contributed by atoms with E-state index < -0.39 is 0 Å². The topological polar surface area (TPSA) is 51.2 Å². The minimum Gasteiger partial charge on any atom is -0.496 e. The maximum atomic E-state index is 13.2. The highest BCUT2D eigenvalue weighted by Crippen LogP contribution is 2.37. The van der Waals surface area contributed by atoms with Crippen molar-refractivity contribution in [2.75, 3.05) is 12.4 Å². The Balaban J connectivity index is 1.56. The highest BCUT2D eigenvalue weighted by molar-refractivity contribution is 7.21. The number of methoxy groups -OCH3 is 1. The lowest BCUT2D eigenvalue weighted by Gasteiger charge is -2.13. The van der Waals surface area contributed by atoms with E-state index in [-0.39, 0.29) is 5.91 Å². The molecule has 152 valence electrons. The molecule has 0 saturated heterocycles. The first-order valence-electron chi connectivity index (χ1n) is 9.66. The van der Waals surface area contributed by atoms with Crippen molar-refractivity contribution in [2.24, 2.45) is 0 Å². The largest absolute Gasteiger partial charge is 0.496 e. The van der Waals surface area contributed by atoms with E-state index >= 15 is 0 Å². The molecule has 0 atom stereocenters. The van der Waals surface area contributed by atoms with Gasteiger partial charge in [-0.15, -0.1) is 11.3 Å². The first kappa shape index (κ1) is 19.5. The summed E-state index contributed by atoms with van der Waals surface area (Å²) in [6, 6.07) is 24.9. The van der Waals surface area contributed by atoms with Gasteiger partial charge in [0.15, 0.2) is 0 Å². The molecular weight excluding hydrogens is 428 g/mol. The normalized spacial score (nSPS) is 11.0. The number of para-hydroxylation sites is 1. The number of hydrogen-bond acceptors (Lipinski definition) is 4. The number of carbonyl (C=O) groups is 1. The van der Waals surface area contributed by atoms with Crippen LogP contribution in [0.3, 0.4) is 0 Å². The fraction of sp³-hybridized carbons (Fsp3) is 0.0400. The van der Waals surface area contributed by atoms with Gasteiger partial charge >= 0.3 is 0 Å². The maximum Gasteiger partial charge on any atom is 0.259 e. The van der Waals surface area contributed by atoms with E-state index in [4.69, 9.17) is 21.3 Å². The molecule has 0 radical (unpaired) electrons. The number of rotatable bonds is 4. The first-order chi connectivity index (χ1) is 15.1. The van der Waals surface area contributed by atoms with Crippen molar-refractivity contribution < 1.29 is 9.53 Å². The predicted molar refractivity (Wildman–Crippen MR) is 129 cm³/mol. The van der Waals surface area contributed by atoms with Gasteiger partial charge in [-0.05, 0) is 53.2 Å². The summed E-state index contributed by atoms with van der Waals surface area (Å²) < 4.78 is 6.57. The van der Waals surface area contributed by atoms with E-state index in [0.29, 0.717) is 22.0 Å². The number of thiazole rings is 1. The van der Waals surface area contributed by atoms with Crippen LogP contribution in [-0.2, 0) is 0 Å². The van der Waals surface area contributed by atoms with Crippen LogP contribution in [0.4, 0.5) is 5.69 Å². The number of carbonyl (C=O) groups excluding carboxylic acids is 1. The summed E-state index contributed by atoms with van der Waals surface area (Å²) in [6.45, 7) is 0. The third kappa shape index (κ3) is 3.74. The molecule has 1 heterocycles. The molecule has 1 N–H and O–H groups in total. The summed E-state index contributed by atoms with van der Waals surface area (Å²) in [7, 11) is 1.57. The van der Waals surface area contributed by atoms with Gasteiger partial charge in [-0.2, -0.15) is 0 Å². The van der Waals surface area contributed by atoms with E-state index in [2.05, 4.69) is 5.32 Å². The van der Waals surface area contributed by atoms with Gasteiger partial charge in [0.25, 0.3) is 5.91 Å². The monoisotopic (exact) mass is 444 g/mol. The van der Waals surface area contributed by atoms with Gasteiger partial charge in [0.2, 0.25) is 0 Å².